The van der Waals surface area contributed by atoms with Crippen LogP contribution in [0, 0.1) is 18.3 Å². The van der Waals surface area contributed by atoms with Gasteiger partial charge in [0.15, 0.2) is 5.65 Å². The second kappa shape index (κ2) is 9.11. The molecule has 0 aliphatic carbocycles. The van der Waals surface area contributed by atoms with E-state index in [0.717, 1.165) is 61.7 Å². The fourth-order valence-corrected chi connectivity index (χ4v) is 6.09. The number of hydrogen-bond donors (Lipinski definition) is 1. The molecule has 1 N–H and O–H groups in total. The number of nitriles is 1. The number of rotatable bonds is 6. The zero-order valence-electron chi connectivity index (χ0n) is 21.5. The zero-order chi connectivity index (χ0) is 25.7. The van der Waals surface area contributed by atoms with Crippen LogP contribution < -0.4 is 10.2 Å². The quantitative estimate of drug-likeness (QED) is 0.423. The van der Waals surface area contributed by atoms with Crippen LogP contribution in [0.2, 0.25) is 0 Å². The minimum Gasteiger partial charge on any atom is -0.380 e. The van der Waals surface area contributed by atoms with Gasteiger partial charge >= 0.3 is 0 Å². The number of fused-ring (bicyclic) bond motifs is 2. The summed E-state index contributed by atoms with van der Waals surface area (Å²) in [5, 5.41) is 22.1. The highest BCUT2D eigenvalue weighted by Crippen LogP contribution is 2.37. The molecule has 0 radical (unpaired) electrons. The van der Waals surface area contributed by atoms with Crippen LogP contribution >= 0.6 is 0 Å². The van der Waals surface area contributed by atoms with E-state index in [4.69, 9.17) is 14.8 Å². The minimum absolute atomic E-state index is 0.319. The summed E-state index contributed by atoms with van der Waals surface area (Å²) < 4.78 is 9.37. The lowest BCUT2D eigenvalue weighted by molar-refractivity contribution is 0.135. The number of ether oxygens (including phenoxy) is 1. The molecule has 38 heavy (non-hydrogen) atoms. The van der Waals surface area contributed by atoms with E-state index in [1.807, 2.05) is 40.8 Å². The van der Waals surface area contributed by atoms with Crippen LogP contribution in [0.1, 0.15) is 29.5 Å². The van der Waals surface area contributed by atoms with Crippen molar-refractivity contribution >= 4 is 23.0 Å². The standard InChI is InChI=1S/C28H31N9O/c1-20-14-30-37(15-20)28(8-9-29)18-35(19-28)25-3-2-10-36-26(25)32-27(33-36)31-23-5-4-22-16-34(11-6-21(22)13-23)24-7-12-38-17-24/h2-5,10,13-15,24H,6-8,11-12,16-19H2,1H3,(H,31,33). The SMILES string of the molecule is Cc1cnn(C2(CC#N)CN(c3cccn4nc(Nc5ccc6c(c5)CCN(C5CCOC5)C6)nc34)C2)c1. The Morgan fingerprint density at radius 2 is 2.16 bits per heavy atom. The molecular weight excluding hydrogens is 478 g/mol. The summed E-state index contributed by atoms with van der Waals surface area (Å²) >= 11 is 0. The van der Waals surface area contributed by atoms with Gasteiger partial charge in [0.2, 0.25) is 5.95 Å². The largest absolute Gasteiger partial charge is 0.380 e. The molecule has 1 atom stereocenters. The van der Waals surface area contributed by atoms with Crippen LogP contribution in [0.4, 0.5) is 17.3 Å². The number of nitrogens with zero attached hydrogens (tertiary/aromatic N) is 8. The van der Waals surface area contributed by atoms with Crippen molar-refractivity contribution < 1.29 is 4.74 Å². The second-order valence-corrected chi connectivity index (χ2v) is 10.8. The van der Waals surface area contributed by atoms with E-state index in [-0.39, 0.29) is 5.54 Å². The summed E-state index contributed by atoms with van der Waals surface area (Å²) in [6.07, 6.45) is 8.38. The molecule has 0 bridgehead atoms. The maximum Gasteiger partial charge on any atom is 0.247 e. The molecule has 10 heteroatoms. The Balaban J connectivity index is 1.09. The van der Waals surface area contributed by atoms with Crippen molar-refractivity contribution in [3.63, 3.8) is 0 Å². The van der Waals surface area contributed by atoms with Crippen molar-refractivity contribution in [2.24, 2.45) is 0 Å². The van der Waals surface area contributed by atoms with Gasteiger partial charge in [0.1, 0.15) is 5.54 Å². The third kappa shape index (κ3) is 3.99. The Hall–Kier alpha value is -3.94. The number of pyridine rings is 1. The summed E-state index contributed by atoms with van der Waals surface area (Å²) in [6.45, 7) is 7.22. The fraction of sp³-hybridized carbons (Fsp3) is 0.429. The van der Waals surface area contributed by atoms with Crippen LogP contribution in [0.25, 0.3) is 5.65 Å². The number of benzene rings is 1. The molecular formula is C28H31N9O. The molecule has 0 saturated carbocycles. The summed E-state index contributed by atoms with van der Waals surface area (Å²) in [6, 6.07) is 13.6. The highest BCUT2D eigenvalue weighted by Gasteiger charge is 2.46. The second-order valence-electron chi connectivity index (χ2n) is 10.8. The summed E-state index contributed by atoms with van der Waals surface area (Å²) in [5.41, 5.74) is 6.36. The normalized spacial score (nSPS) is 20.7. The molecule has 10 nitrogen and oxygen atoms in total. The van der Waals surface area contributed by atoms with E-state index in [1.54, 1.807) is 0 Å². The Morgan fingerprint density at radius 3 is 2.95 bits per heavy atom. The van der Waals surface area contributed by atoms with Crippen molar-refractivity contribution in [1.82, 2.24) is 29.3 Å². The molecule has 3 aliphatic rings. The molecule has 7 rings (SSSR count). The Kier molecular flexibility index (Phi) is 5.56. The number of anilines is 3. The Morgan fingerprint density at radius 1 is 1.24 bits per heavy atom. The van der Waals surface area contributed by atoms with Crippen LogP contribution in [-0.2, 0) is 23.2 Å². The molecule has 3 aromatic heterocycles. The van der Waals surface area contributed by atoms with Crippen molar-refractivity contribution in [3.8, 4) is 6.07 Å². The zero-order valence-corrected chi connectivity index (χ0v) is 21.5. The molecule has 4 aromatic rings. The fourth-order valence-electron chi connectivity index (χ4n) is 6.09. The van der Waals surface area contributed by atoms with Gasteiger partial charge < -0.3 is 15.0 Å². The Labute approximate surface area is 221 Å². The van der Waals surface area contributed by atoms with E-state index >= 15 is 0 Å². The van der Waals surface area contributed by atoms with Crippen LogP contribution in [-0.4, -0.2) is 68.2 Å². The molecule has 0 amide bonds. The molecule has 3 aliphatic heterocycles. The highest BCUT2D eigenvalue weighted by atomic mass is 16.5. The van der Waals surface area contributed by atoms with E-state index in [2.05, 4.69) is 50.5 Å². The van der Waals surface area contributed by atoms with Crippen LogP contribution in [0.5, 0.6) is 0 Å². The lowest BCUT2D eigenvalue weighted by Crippen LogP contribution is -2.63. The first kappa shape index (κ1) is 23.2. The number of aromatic nitrogens is 5. The first-order valence-corrected chi connectivity index (χ1v) is 13.3. The van der Waals surface area contributed by atoms with Gasteiger partial charge in [-0.05, 0) is 60.7 Å². The average molecular weight is 510 g/mol. The van der Waals surface area contributed by atoms with Gasteiger partial charge in [0.25, 0.3) is 0 Å². The van der Waals surface area contributed by atoms with Crippen LogP contribution in [0.3, 0.4) is 0 Å². The third-order valence-electron chi connectivity index (χ3n) is 8.18. The lowest BCUT2D eigenvalue weighted by Gasteiger charge is -2.50. The first-order chi connectivity index (χ1) is 18.6. The summed E-state index contributed by atoms with van der Waals surface area (Å²) in [7, 11) is 0. The van der Waals surface area contributed by atoms with Gasteiger partial charge in [-0.2, -0.15) is 15.3 Å². The molecule has 1 aromatic carbocycles. The van der Waals surface area contributed by atoms with Gasteiger partial charge in [0.05, 0.1) is 31.0 Å². The molecule has 1 unspecified atom stereocenters. The van der Waals surface area contributed by atoms with Crippen molar-refractivity contribution in [1.29, 1.82) is 5.26 Å². The van der Waals surface area contributed by atoms with Crippen molar-refractivity contribution in [2.45, 2.75) is 44.3 Å². The highest BCUT2D eigenvalue weighted by molar-refractivity contribution is 5.72. The molecule has 2 saturated heterocycles. The predicted octanol–water partition coefficient (Wildman–Crippen LogP) is 3.25. The van der Waals surface area contributed by atoms with Crippen LogP contribution in [0.15, 0.2) is 48.9 Å². The monoisotopic (exact) mass is 509 g/mol. The number of aryl methyl sites for hydroxylation is 1. The molecule has 0 spiro atoms. The van der Waals surface area contributed by atoms with Gasteiger partial charge in [-0.25, -0.2) is 4.52 Å². The molecule has 194 valence electrons. The summed E-state index contributed by atoms with van der Waals surface area (Å²) in [5.74, 6) is 0.574. The van der Waals surface area contributed by atoms with E-state index in [1.165, 1.54) is 11.1 Å². The van der Waals surface area contributed by atoms with Gasteiger partial charge in [0, 0.05) is 56.9 Å². The topological polar surface area (TPSA) is 99.5 Å². The number of hydrogen-bond acceptors (Lipinski definition) is 8. The van der Waals surface area contributed by atoms with E-state index < -0.39 is 0 Å². The number of nitrogens with one attached hydrogen (secondary N) is 1. The van der Waals surface area contributed by atoms with Gasteiger partial charge in [-0.3, -0.25) is 9.58 Å². The van der Waals surface area contributed by atoms with Gasteiger partial charge in [-0.15, -0.1) is 5.10 Å². The third-order valence-corrected chi connectivity index (χ3v) is 8.18. The van der Waals surface area contributed by atoms with Crippen molar-refractivity contribution in [3.05, 3.63) is 65.6 Å². The lowest BCUT2D eigenvalue weighted by atomic mass is 9.86. The maximum absolute atomic E-state index is 9.49. The first-order valence-electron chi connectivity index (χ1n) is 13.3. The summed E-state index contributed by atoms with van der Waals surface area (Å²) in [4.78, 5) is 9.66. The average Bonchev–Trinajstić information content (AvgIpc) is 3.67. The Bertz CT molecular complexity index is 1520. The predicted molar refractivity (Wildman–Crippen MR) is 143 cm³/mol. The molecule has 6 heterocycles. The van der Waals surface area contributed by atoms with E-state index in [0.29, 0.717) is 31.5 Å². The minimum atomic E-state index is -0.319. The maximum atomic E-state index is 9.49. The van der Waals surface area contributed by atoms with E-state index in [9.17, 15) is 5.26 Å². The van der Waals surface area contributed by atoms with Gasteiger partial charge in [-0.1, -0.05) is 6.07 Å². The van der Waals surface area contributed by atoms with Crippen molar-refractivity contribution in [2.75, 3.05) is 43.1 Å². The smallest absolute Gasteiger partial charge is 0.247 e. The molecule has 2 fully saturated rings.